The number of benzene rings is 1. The van der Waals surface area contributed by atoms with Gasteiger partial charge in [0.25, 0.3) is 0 Å². The van der Waals surface area contributed by atoms with Crippen LogP contribution >= 0.6 is 11.6 Å². The molecule has 0 aliphatic heterocycles. The Balaban J connectivity index is 2.09. The van der Waals surface area contributed by atoms with Gasteiger partial charge in [-0.3, -0.25) is 0 Å². The summed E-state index contributed by atoms with van der Waals surface area (Å²) in [6.07, 6.45) is 1.95. The Kier molecular flexibility index (Phi) is 3.46. The monoisotopic (exact) mass is 255 g/mol. The van der Waals surface area contributed by atoms with E-state index in [0.717, 1.165) is 12.0 Å². The summed E-state index contributed by atoms with van der Waals surface area (Å²) in [7, 11) is 1.95. The normalized spacial score (nSPS) is 23.5. The van der Waals surface area contributed by atoms with Crippen LogP contribution in [0.4, 0.5) is 4.39 Å². The quantitative estimate of drug-likeness (QED) is 0.866. The molecule has 94 valence electrons. The molecule has 1 N–H and O–H groups in total. The Bertz CT molecular complexity index is 417. The summed E-state index contributed by atoms with van der Waals surface area (Å²) < 4.78 is 13.7. The number of halogens is 2. The minimum Gasteiger partial charge on any atom is -0.316 e. The number of hydrogen-bond acceptors (Lipinski definition) is 1. The Labute approximate surface area is 107 Å². The van der Waals surface area contributed by atoms with E-state index in [1.165, 1.54) is 12.5 Å². The number of nitrogens with one attached hydrogen (secondary N) is 1. The van der Waals surface area contributed by atoms with Crippen LogP contribution in [0.1, 0.15) is 25.8 Å². The van der Waals surface area contributed by atoms with E-state index >= 15 is 0 Å². The van der Waals surface area contributed by atoms with Crippen molar-refractivity contribution in [1.82, 2.24) is 5.32 Å². The van der Waals surface area contributed by atoms with Gasteiger partial charge in [0.2, 0.25) is 0 Å². The van der Waals surface area contributed by atoms with E-state index in [2.05, 4.69) is 19.2 Å². The minimum absolute atomic E-state index is 0.198. The third kappa shape index (κ3) is 2.80. The molecule has 1 aliphatic carbocycles. The van der Waals surface area contributed by atoms with Gasteiger partial charge in [0, 0.05) is 11.1 Å². The summed E-state index contributed by atoms with van der Waals surface area (Å²) in [5.74, 6) is 0.443. The van der Waals surface area contributed by atoms with Crippen LogP contribution in [0.25, 0.3) is 0 Å². The molecule has 0 aromatic heterocycles. The molecule has 1 aliphatic rings. The van der Waals surface area contributed by atoms with Crippen LogP contribution in [0.2, 0.25) is 5.02 Å². The largest absolute Gasteiger partial charge is 0.316 e. The maximum absolute atomic E-state index is 13.7. The smallest absolute Gasteiger partial charge is 0.127 e. The first-order chi connectivity index (χ1) is 7.94. The van der Waals surface area contributed by atoms with Gasteiger partial charge in [0.05, 0.1) is 0 Å². The molecule has 1 nitrogen and oxygen atoms in total. The molecule has 1 aromatic rings. The fraction of sp³-hybridized carbons (Fsp3) is 0.571. The molecule has 1 aromatic carbocycles. The minimum atomic E-state index is -0.198. The van der Waals surface area contributed by atoms with Gasteiger partial charge in [-0.15, -0.1) is 0 Å². The lowest BCUT2D eigenvalue weighted by atomic mass is 9.97. The lowest BCUT2D eigenvalue weighted by molar-refractivity contribution is 0.420. The van der Waals surface area contributed by atoms with Crippen molar-refractivity contribution in [1.29, 1.82) is 0 Å². The van der Waals surface area contributed by atoms with Crippen LogP contribution in [-0.4, -0.2) is 13.1 Å². The molecule has 0 bridgehead atoms. The highest BCUT2D eigenvalue weighted by Crippen LogP contribution is 2.54. The molecule has 0 heterocycles. The predicted molar refractivity (Wildman–Crippen MR) is 69.8 cm³/mol. The highest BCUT2D eigenvalue weighted by Gasteiger charge is 2.49. The maximum Gasteiger partial charge on any atom is 0.127 e. The molecule has 0 amide bonds. The maximum atomic E-state index is 13.7. The van der Waals surface area contributed by atoms with Gasteiger partial charge in [-0.1, -0.05) is 31.5 Å². The van der Waals surface area contributed by atoms with Gasteiger partial charge in [0.15, 0.2) is 0 Å². The lowest BCUT2D eigenvalue weighted by Crippen LogP contribution is -2.31. The van der Waals surface area contributed by atoms with Crippen LogP contribution in [0.15, 0.2) is 18.2 Å². The first-order valence-electron chi connectivity index (χ1n) is 6.05. The molecule has 2 rings (SSSR count). The van der Waals surface area contributed by atoms with Gasteiger partial charge in [-0.25, -0.2) is 4.39 Å². The van der Waals surface area contributed by atoms with E-state index in [1.807, 2.05) is 7.05 Å². The SMILES string of the molecule is CNC(Cc1ccc(Cl)cc1F)C1CC1(C)C. The van der Waals surface area contributed by atoms with Gasteiger partial charge in [-0.2, -0.15) is 0 Å². The van der Waals surface area contributed by atoms with Crippen LogP contribution < -0.4 is 5.32 Å². The zero-order valence-electron chi connectivity index (χ0n) is 10.6. The van der Waals surface area contributed by atoms with E-state index < -0.39 is 0 Å². The summed E-state index contributed by atoms with van der Waals surface area (Å²) in [5.41, 5.74) is 1.15. The molecule has 0 radical (unpaired) electrons. The Morgan fingerprint density at radius 3 is 2.65 bits per heavy atom. The standard InChI is InChI=1S/C14H19ClFN/c1-14(2)8-11(14)13(17-3)6-9-4-5-10(15)7-12(9)16/h4-5,7,11,13,17H,6,8H2,1-3H3. The molecule has 2 atom stereocenters. The summed E-state index contributed by atoms with van der Waals surface area (Å²) in [5, 5.41) is 3.77. The highest BCUT2D eigenvalue weighted by atomic mass is 35.5. The fourth-order valence-electron chi connectivity index (χ4n) is 2.56. The van der Waals surface area contributed by atoms with Crippen LogP contribution in [0.3, 0.4) is 0 Å². The van der Waals surface area contributed by atoms with Crippen molar-refractivity contribution in [2.24, 2.45) is 11.3 Å². The summed E-state index contributed by atoms with van der Waals surface area (Å²) in [4.78, 5) is 0. The van der Waals surface area contributed by atoms with Crippen molar-refractivity contribution in [3.8, 4) is 0 Å². The van der Waals surface area contributed by atoms with Crippen molar-refractivity contribution in [2.45, 2.75) is 32.7 Å². The summed E-state index contributed by atoms with van der Waals surface area (Å²) in [6, 6.07) is 5.28. The summed E-state index contributed by atoms with van der Waals surface area (Å²) >= 11 is 5.75. The Hall–Kier alpha value is -0.600. The van der Waals surface area contributed by atoms with E-state index in [0.29, 0.717) is 22.4 Å². The average Bonchev–Trinajstić information content (AvgIpc) is 2.86. The summed E-state index contributed by atoms with van der Waals surface area (Å²) in [6.45, 7) is 4.53. The molecule has 1 saturated carbocycles. The zero-order chi connectivity index (χ0) is 12.6. The number of hydrogen-bond donors (Lipinski definition) is 1. The number of likely N-dealkylation sites (N-methyl/N-ethyl adjacent to an activating group) is 1. The number of rotatable bonds is 4. The third-order valence-corrected chi connectivity index (χ3v) is 4.14. The van der Waals surface area contributed by atoms with E-state index in [-0.39, 0.29) is 5.82 Å². The van der Waals surface area contributed by atoms with Crippen molar-refractivity contribution < 1.29 is 4.39 Å². The van der Waals surface area contributed by atoms with E-state index in [9.17, 15) is 4.39 Å². The Morgan fingerprint density at radius 2 is 2.18 bits per heavy atom. The second kappa shape index (κ2) is 4.58. The van der Waals surface area contributed by atoms with E-state index in [1.54, 1.807) is 12.1 Å². The van der Waals surface area contributed by atoms with Gasteiger partial charge < -0.3 is 5.32 Å². The molecule has 3 heteroatoms. The third-order valence-electron chi connectivity index (χ3n) is 3.90. The molecule has 17 heavy (non-hydrogen) atoms. The molecular weight excluding hydrogens is 237 g/mol. The van der Waals surface area contributed by atoms with Crippen LogP contribution in [0.5, 0.6) is 0 Å². The average molecular weight is 256 g/mol. The Morgan fingerprint density at radius 1 is 1.53 bits per heavy atom. The van der Waals surface area contributed by atoms with E-state index in [4.69, 9.17) is 11.6 Å². The first kappa shape index (κ1) is 12.8. The molecule has 0 spiro atoms. The van der Waals surface area contributed by atoms with Gasteiger partial charge in [0.1, 0.15) is 5.82 Å². The highest BCUT2D eigenvalue weighted by molar-refractivity contribution is 6.30. The zero-order valence-corrected chi connectivity index (χ0v) is 11.3. The molecule has 1 fully saturated rings. The molecular formula is C14H19ClFN. The molecule has 2 unspecified atom stereocenters. The first-order valence-corrected chi connectivity index (χ1v) is 6.43. The fourth-order valence-corrected chi connectivity index (χ4v) is 2.72. The molecule has 0 saturated heterocycles. The van der Waals surface area contributed by atoms with Crippen molar-refractivity contribution >= 4 is 11.6 Å². The van der Waals surface area contributed by atoms with Gasteiger partial charge >= 0.3 is 0 Å². The van der Waals surface area contributed by atoms with Crippen molar-refractivity contribution in [3.05, 3.63) is 34.6 Å². The van der Waals surface area contributed by atoms with Crippen LogP contribution in [-0.2, 0) is 6.42 Å². The second-order valence-electron chi connectivity index (χ2n) is 5.63. The predicted octanol–water partition coefficient (Wildman–Crippen LogP) is 3.66. The van der Waals surface area contributed by atoms with Crippen molar-refractivity contribution in [2.75, 3.05) is 7.05 Å². The topological polar surface area (TPSA) is 12.0 Å². The van der Waals surface area contributed by atoms with Crippen molar-refractivity contribution in [3.63, 3.8) is 0 Å². The van der Waals surface area contributed by atoms with Gasteiger partial charge in [-0.05, 0) is 48.9 Å². The second-order valence-corrected chi connectivity index (χ2v) is 6.07. The lowest BCUT2D eigenvalue weighted by Gasteiger charge is -2.18. The van der Waals surface area contributed by atoms with Crippen LogP contribution in [0, 0.1) is 17.2 Å².